The van der Waals surface area contributed by atoms with Gasteiger partial charge in [-0.05, 0) is 25.7 Å². The van der Waals surface area contributed by atoms with Crippen molar-refractivity contribution in [3.63, 3.8) is 0 Å². The van der Waals surface area contributed by atoms with Gasteiger partial charge in [-0.1, -0.05) is 38.5 Å². The molecule has 2 aliphatic carbocycles. The zero-order valence-electron chi connectivity index (χ0n) is 15.7. The van der Waals surface area contributed by atoms with E-state index < -0.39 is 5.97 Å². The largest absolute Gasteiger partial charge is 0.457 e. The molecular weight excluding hydrogens is 344 g/mol. The van der Waals surface area contributed by atoms with Crippen molar-refractivity contribution in [3.8, 4) is 6.07 Å². The molecule has 0 saturated heterocycles. The highest BCUT2D eigenvalue weighted by atomic mass is 16.5. The summed E-state index contributed by atoms with van der Waals surface area (Å²) in [5.74, 6) is 0.887. The normalized spacial score (nSPS) is 18.5. The summed E-state index contributed by atoms with van der Waals surface area (Å²) in [6.45, 7) is -0.0538. The van der Waals surface area contributed by atoms with Gasteiger partial charge in [0.25, 0.3) is 0 Å². The van der Waals surface area contributed by atoms with Crippen LogP contribution in [-0.2, 0) is 16.1 Å². The molecule has 0 aromatic carbocycles. The van der Waals surface area contributed by atoms with Crippen LogP contribution in [0.2, 0.25) is 0 Å². The van der Waals surface area contributed by atoms with E-state index in [4.69, 9.17) is 10.00 Å². The molecule has 0 radical (unpaired) electrons. The summed E-state index contributed by atoms with van der Waals surface area (Å²) in [7, 11) is 0. The fourth-order valence-electron chi connectivity index (χ4n) is 3.73. The molecule has 0 bridgehead atoms. The number of anilines is 2. The minimum Gasteiger partial charge on any atom is -0.457 e. The molecule has 1 heterocycles. The second-order valence-electron chi connectivity index (χ2n) is 7.35. The molecule has 1 aromatic heterocycles. The lowest BCUT2D eigenvalue weighted by Gasteiger charge is -2.24. The number of nitrogens with one attached hydrogen (secondary N) is 2. The van der Waals surface area contributed by atoms with Crippen molar-refractivity contribution in [2.45, 2.75) is 89.3 Å². The lowest BCUT2D eigenvalue weighted by molar-refractivity contribution is -0.143. The number of esters is 1. The van der Waals surface area contributed by atoms with Crippen molar-refractivity contribution in [1.29, 1.82) is 5.26 Å². The first-order valence-electron chi connectivity index (χ1n) is 10.0. The van der Waals surface area contributed by atoms with Gasteiger partial charge in [-0.25, -0.2) is 0 Å². The highest BCUT2D eigenvalue weighted by molar-refractivity contribution is 5.71. The van der Waals surface area contributed by atoms with Crippen LogP contribution in [0.25, 0.3) is 0 Å². The second kappa shape index (κ2) is 10.0. The maximum absolute atomic E-state index is 11.5. The Labute approximate surface area is 160 Å². The summed E-state index contributed by atoms with van der Waals surface area (Å²) in [6, 6.07) is 2.53. The van der Waals surface area contributed by atoms with Crippen molar-refractivity contribution in [2.75, 3.05) is 10.6 Å². The molecule has 2 N–H and O–H groups in total. The van der Waals surface area contributed by atoms with Gasteiger partial charge in [0.05, 0.1) is 6.07 Å². The Morgan fingerprint density at radius 2 is 1.44 bits per heavy atom. The summed E-state index contributed by atoms with van der Waals surface area (Å²) in [5, 5.41) is 15.4. The van der Waals surface area contributed by atoms with Gasteiger partial charge in [-0.15, -0.1) is 0 Å². The van der Waals surface area contributed by atoms with E-state index in [9.17, 15) is 4.79 Å². The molecule has 0 unspecified atom stereocenters. The third kappa shape index (κ3) is 6.35. The van der Waals surface area contributed by atoms with Crippen LogP contribution in [0.15, 0.2) is 0 Å². The zero-order chi connectivity index (χ0) is 18.9. The molecule has 27 heavy (non-hydrogen) atoms. The first-order valence-corrected chi connectivity index (χ1v) is 10.0. The third-order valence-corrected chi connectivity index (χ3v) is 5.14. The van der Waals surface area contributed by atoms with E-state index in [0.29, 0.717) is 29.8 Å². The minimum absolute atomic E-state index is 0.0538. The lowest BCUT2D eigenvalue weighted by Crippen LogP contribution is -2.26. The summed E-state index contributed by atoms with van der Waals surface area (Å²) < 4.78 is 5.09. The monoisotopic (exact) mass is 372 g/mol. The van der Waals surface area contributed by atoms with Crippen LogP contribution < -0.4 is 10.6 Å². The van der Waals surface area contributed by atoms with Gasteiger partial charge in [0, 0.05) is 12.1 Å². The Bertz CT molecular complexity index is 624. The quantitative estimate of drug-likeness (QED) is 0.701. The smallest absolute Gasteiger partial charge is 0.320 e. The van der Waals surface area contributed by atoms with Gasteiger partial charge >= 0.3 is 5.97 Å². The highest BCUT2D eigenvalue weighted by Crippen LogP contribution is 2.23. The average molecular weight is 372 g/mol. The van der Waals surface area contributed by atoms with Crippen molar-refractivity contribution in [3.05, 3.63) is 5.82 Å². The minimum atomic E-state index is -0.568. The van der Waals surface area contributed by atoms with E-state index in [0.717, 1.165) is 25.7 Å². The van der Waals surface area contributed by atoms with Crippen molar-refractivity contribution in [2.24, 2.45) is 0 Å². The molecule has 2 saturated carbocycles. The Hall–Kier alpha value is -2.43. The topological polar surface area (TPSA) is 113 Å². The molecule has 1 aromatic rings. The van der Waals surface area contributed by atoms with Gasteiger partial charge in [-0.2, -0.15) is 20.2 Å². The van der Waals surface area contributed by atoms with E-state index in [-0.39, 0.29) is 13.0 Å². The molecule has 146 valence electrons. The molecule has 0 aliphatic heterocycles. The predicted octanol–water partition coefficient (Wildman–Crippen LogP) is 3.32. The summed E-state index contributed by atoms with van der Waals surface area (Å²) in [5.41, 5.74) is 0. The Morgan fingerprint density at radius 3 is 1.93 bits per heavy atom. The zero-order valence-corrected chi connectivity index (χ0v) is 15.7. The van der Waals surface area contributed by atoms with Crippen LogP contribution in [-0.4, -0.2) is 33.0 Å². The standard InChI is InChI=1S/C19H28N6O2/c20-12-11-17(26)27-13-16-23-18(21-14-7-3-1-4-8-14)25-19(24-16)22-15-9-5-2-6-10-15/h14-15H,1-11,13H2,(H2,21,22,23,24,25). The molecule has 0 spiro atoms. The Morgan fingerprint density at radius 1 is 0.926 bits per heavy atom. The van der Waals surface area contributed by atoms with Crippen LogP contribution in [0.5, 0.6) is 0 Å². The first kappa shape index (κ1) is 19.3. The molecule has 0 atom stereocenters. The molecule has 2 fully saturated rings. The van der Waals surface area contributed by atoms with E-state index in [1.807, 2.05) is 0 Å². The maximum Gasteiger partial charge on any atom is 0.320 e. The van der Waals surface area contributed by atoms with Gasteiger partial charge in [0.2, 0.25) is 11.9 Å². The van der Waals surface area contributed by atoms with Crippen molar-refractivity contribution < 1.29 is 9.53 Å². The fraction of sp³-hybridized carbons (Fsp3) is 0.737. The average Bonchev–Trinajstić information content (AvgIpc) is 2.68. The Kier molecular flexibility index (Phi) is 7.19. The van der Waals surface area contributed by atoms with Gasteiger partial charge < -0.3 is 15.4 Å². The van der Waals surface area contributed by atoms with Crippen LogP contribution in [0.3, 0.4) is 0 Å². The summed E-state index contributed by atoms with van der Waals surface area (Å²) >= 11 is 0. The molecule has 8 heteroatoms. The first-order chi connectivity index (χ1) is 13.2. The third-order valence-electron chi connectivity index (χ3n) is 5.14. The van der Waals surface area contributed by atoms with Gasteiger partial charge in [-0.3, -0.25) is 4.79 Å². The van der Waals surface area contributed by atoms with Crippen LogP contribution >= 0.6 is 0 Å². The second-order valence-corrected chi connectivity index (χ2v) is 7.35. The van der Waals surface area contributed by atoms with E-state index in [1.54, 1.807) is 6.07 Å². The Balaban J connectivity index is 1.69. The number of ether oxygens (including phenoxy) is 1. The van der Waals surface area contributed by atoms with E-state index in [1.165, 1.54) is 38.5 Å². The van der Waals surface area contributed by atoms with Crippen LogP contribution in [0.4, 0.5) is 11.9 Å². The number of hydrogen-bond donors (Lipinski definition) is 2. The molecular formula is C19H28N6O2. The summed E-state index contributed by atoms with van der Waals surface area (Å²) in [4.78, 5) is 24.9. The number of nitrogens with zero attached hydrogens (tertiary/aromatic N) is 4. The molecule has 0 amide bonds. The number of hydrogen-bond acceptors (Lipinski definition) is 8. The number of carbonyl (C=O) groups excluding carboxylic acids is 1. The maximum atomic E-state index is 11.5. The van der Waals surface area contributed by atoms with Crippen LogP contribution in [0.1, 0.15) is 76.5 Å². The number of nitriles is 1. The molecule has 3 rings (SSSR count). The molecule has 2 aliphatic rings. The molecule has 8 nitrogen and oxygen atoms in total. The number of aromatic nitrogens is 3. The van der Waals surface area contributed by atoms with Crippen molar-refractivity contribution in [1.82, 2.24) is 15.0 Å². The predicted molar refractivity (Wildman–Crippen MR) is 101 cm³/mol. The SMILES string of the molecule is N#CCC(=O)OCc1nc(NC2CCCCC2)nc(NC2CCCCC2)n1. The van der Waals surface area contributed by atoms with E-state index >= 15 is 0 Å². The van der Waals surface area contributed by atoms with Gasteiger partial charge in [0.15, 0.2) is 12.4 Å². The van der Waals surface area contributed by atoms with Crippen LogP contribution in [0, 0.1) is 11.3 Å². The number of rotatable bonds is 7. The van der Waals surface area contributed by atoms with Gasteiger partial charge in [0.1, 0.15) is 6.42 Å². The highest BCUT2D eigenvalue weighted by Gasteiger charge is 2.18. The fourth-order valence-corrected chi connectivity index (χ4v) is 3.73. The number of carbonyl (C=O) groups is 1. The summed E-state index contributed by atoms with van der Waals surface area (Å²) in [6.07, 6.45) is 11.6. The lowest BCUT2D eigenvalue weighted by atomic mass is 9.96. The van der Waals surface area contributed by atoms with Crippen molar-refractivity contribution >= 4 is 17.9 Å². The van der Waals surface area contributed by atoms with E-state index in [2.05, 4.69) is 25.6 Å².